The Bertz CT molecular complexity index is 174. The van der Waals surface area contributed by atoms with E-state index in [1.807, 2.05) is 6.92 Å². The van der Waals surface area contributed by atoms with Gasteiger partial charge in [0.05, 0.1) is 11.4 Å². The molecule has 0 unspecified atom stereocenters. The second-order valence-electron chi connectivity index (χ2n) is 1.55. The fourth-order valence-corrected chi connectivity index (χ4v) is 0.974. The molecule has 1 heterocycles. The molecule has 4 N–H and O–H groups in total. The van der Waals surface area contributed by atoms with Gasteiger partial charge in [-0.1, -0.05) is 0 Å². The van der Waals surface area contributed by atoms with Crippen LogP contribution in [0.4, 0.5) is 10.7 Å². The summed E-state index contributed by atoms with van der Waals surface area (Å²) in [7, 11) is 0. The van der Waals surface area contributed by atoms with Crippen LogP contribution in [0.3, 0.4) is 0 Å². The molecule has 1 aromatic heterocycles. The Kier molecular flexibility index (Phi) is 1.09. The zero-order chi connectivity index (χ0) is 6.15. The van der Waals surface area contributed by atoms with Crippen LogP contribution in [-0.4, -0.2) is 4.37 Å². The fraction of sp³-hybridized carbons (Fsp3) is 0.250. The molecular weight excluding hydrogens is 122 g/mol. The van der Waals surface area contributed by atoms with Crippen LogP contribution in [0.2, 0.25) is 0 Å². The minimum Gasteiger partial charge on any atom is -0.395 e. The lowest BCUT2D eigenvalue weighted by Gasteiger charge is -1.84. The third kappa shape index (κ3) is 0.626. The topological polar surface area (TPSA) is 64.9 Å². The first kappa shape index (κ1) is 5.37. The lowest BCUT2D eigenvalue weighted by molar-refractivity contribution is 1.35. The molecule has 8 heavy (non-hydrogen) atoms. The molecule has 4 heteroatoms. The van der Waals surface area contributed by atoms with Gasteiger partial charge in [0, 0.05) is 0 Å². The minimum absolute atomic E-state index is 0.613. The van der Waals surface area contributed by atoms with Crippen LogP contribution < -0.4 is 11.5 Å². The maximum Gasteiger partial charge on any atom is 0.130 e. The van der Waals surface area contributed by atoms with Crippen LogP contribution in [0.25, 0.3) is 0 Å². The molecule has 0 atom stereocenters. The second kappa shape index (κ2) is 1.63. The Morgan fingerprint density at radius 2 is 2.12 bits per heavy atom. The summed E-state index contributed by atoms with van der Waals surface area (Å²) in [6, 6.07) is 0. The fourth-order valence-electron chi connectivity index (χ4n) is 0.394. The Hall–Kier alpha value is -0.770. The molecule has 0 aliphatic heterocycles. The zero-order valence-electron chi connectivity index (χ0n) is 4.51. The summed E-state index contributed by atoms with van der Waals surface area (Å²) in [5.74, 6) is 0. The SMILES string of the molecule is Cc1nsc(N)c1N. The van der Waals surface area contributed by atoms with E-state index in [9.17, 15) is 0 Å². The van der Waals surface area contributed by atoms with Gasteiger partial charge in [0.25, 0.3) is 0 Å². The van der Waals surface area contributed by atoms with Crippen molar-refractivity contribution in [3.63, 3.8) is 0 Å². The lowest BCUT2D eigenvalue weighted by Crippen LogP contribution is -1.89. The van der Waals surface area contributed by atoms with Crippen molar-refractivity contribution in [2.24, 2.45) is 0 Å². The lowest BCUT2D eigenvalue weighted by atomic mass is 10.4. The molecule has 0 radical (unpaired) electrons. The molecule has 0 amide bonds. The number of hydrogen-bond donors (Lipinski definition) is 2. The molecule has 0 saturated heterocycles. The van der Waals surface area contributed by atoms with Gasteiger partial charge in [0.1, 0.15) is 5.00 Å². The minimum atomic E-state index is 0.613. The van der Waals surface area contributed by atoms with Crippen LogP contribution >= 0.6 is 11.5 Å². The Morgan fingerprint density at radius 3 is 2.25 bits per heavy atom. The quantitative estimate of drug-likeness (QED) is 0.539. The van der Waals surface area contributed by atoms with E-state index in [0.29, 0.717) is 10.7 Å². The summed E-state index contributed by atoms with van der Waals surface area (Å²) >= 11 is 1.23. The van der Waals surface area contributed by atoms with Gasteiger partial charge in [-0.15, -0.1) is 0 Å². The van der Waals surface area contributed by atoms with Gasteiger partial charge in [0.15, 0.2) is 0 Å². The molecule has 0 fully saturated rings. The summed E-state index contributed by atoms with van der Waals surface area (Å²) in [5, 5.41) is 0.613. The second-order valence-corrected chi connectivity index (χ2v) is 2.35. The van der Waals surface area contributed by atoms with Gasteiger partial charge in [0.2, 0.25) is 0 Å². The maximum absolute atomic E-state index is 5.42. The summed E-state index contributed by atoms with van der Waals surface area (Å²) in [4.78, 5) is 0. The Balaban J connectivity index is 3.19. The van der Waals surface area contributed by atoms with Crippen molar-refractivity contribution < 1.29 is 0 Å². The first-order valence-corrected chi connectivity index (χ1v) is 2.96. The van der Waals surface area contributed by atoms with Gasteiger partial charge in [-0.3, -0.25) is 0 Å². The van der Waals surface area contributed by atoms with E-state index in [1.165, 1.54) is 11.5 Å². The maximum atomic E-state index is 5.42. The number of rotatable bonds is 0. The van der Waals surface area contributed by atoms with Crippen LogP contribution in [0.5, 0.6) is 0 Å². The smallest absolute Gasteiger partial charge is 0.130 e. The number of nitrogen functional groups attached to an aromatic ring is 2. The van der Waals surface area contributed by atoms with Gasteiger partial charge < -0.3 is 11.5 Å². The first-order valence-electron chi connectivity index (χ1n) is 2.19. The Morgan fingerprint density at radius 1 is 1.50 bits per heavy atom. The first-order chi connectivity index (χ1) is 3.72. The largest absolute Gasteiger partial charge is 0.395 e. The Labute approximate surface area is 51.5 Å². The molecule has 0 bridgehead atoms. The predicted molar refractivity (Wildman–Crippen MR) is 35.7 cm³/mol. The van der Waals surface area contributed by atoms with Crippen molar-refractivity contribution in [3.05, 3.63) is 5.69 Å². The molecule has 0 aliphatic rings. The summed E-state index contributed by atoms with van der Waals surface area (Å²) in [5.41, 5.74) is 12.2. The molecule has 0 aromatic carbocycles. The highest BCUT2D eigenvalue weighted by Crippen LogP contribution is 2.21. The van der Waals surface area contributed by atoms with E-state index in [0.717, 1.165) is 5.69 Å². The van der Waals surface area contributed by atoms with Crippen LogP contribution in [0, 0.1) is 6.92 Å². The number of anilines is 2. The van der Waals surface area contributed by atoms with Gasteiger partial charge in [-0.25, -0.2) is 0 Å². The average molecular weight is 129 g/mol. The molecule has 0 spiro atoms. The summed E-state index contributed by atoms with van der Waals surface area (Å²) in [6.45, 7) is 1.84. The van der Waals surface area contributed by atoms with E-state index < -0.39 is 0 Å². The van der Waals surface area contributed by atoms with Crippen LogP contribution in [0.15, 0.2) is 0 Å². The number of nitrogens with two attached hydrogens (primary N) is 2. The van der Waals surface area contributed by atoms with Crippen molar-refractivity contribution in [1.82, 2.24) is 4.37 Å². The van der Waals surface area contributed by atoms with Crippen molar-refractivity contribution >= 4 is 22.2 Å². The highest BCUT2D eigenvalue weighted by atomic mass is 32.1. The molecule has 0 saturated carbocycles. The third-order valence-electron chi connectivity index (χ3n) is 0.936. The molecular formula is C4H7N3S. The highest BCUT2D eigenvalue weighted by Gasteiger charge is 1.99. The van der Waals surface area contributed by atoms with Crippen LogP contribution in [-0.2, 0) is 0 Å². The zero-order valence-corrected chi connectivity index (χ0v) is 5.33. The highest BCUT2D eigenvalue weighted by molar-refractivity contribution is 7.10. The monoisotopic (exact) mass is 129 g/mol. The van der Waals surface area contributed by atoms with Crippen LogP contribution in [0.1, 0.15) is 5.69 Å². The molecule has 1 aromatic rings. The van der Waals surface area contributed by atoms with Gasteiger partial charge in [-0.05, 0) is 18.5 Å². The normalized spacial score (nSPS) is 9.62. The van der Waals surface area contributed by atoms with Crippen molar-refractivity contribution in [2.45, 2.75) is 6.92 Å². The van der Waals surface area contributed by atoms with Gasteiger partial charge >= 0.3 is 0 Å². The number of hydrogen-bond acceptors (Lipinski definition) is 4. The van der Waals surface area contributed by atoms with E-state index >= 15 is 0 Å². The molecule has 1 rings (SSSR count). The predicted octanol–water partition coefficient (Wildman–Crippen LogP) is 0.616. The van der Waals surface area contributed by atoms with E-state index in [1.54, 1.807) is 0 Å². The molecule has 3 nitrogen and oxygen atoms in total. The molecule has 0 aliphatic carbocycles. The number of aromatic nitrogens is 1. The van der Waals surface area contributed by atoms with E-state index in [4.69, 9.17) is 11.5 Å². The summed E-state index contributed by atoms with van der Waals surface area (Å²) in [6.07, 6.45) is 0. The van der Waals surface area contributed by atoms with Crippen molar-refractivity contribution in [2.75, 3.05) is 11.5 Å². The number of nitrogens with zero attached hydrogens (tertiary/aromatic N) is 1. The van der Waals surface area contributed by atoms with E-state index in [-0.39, 0.29) is 0 Å². The standard InChI is InChI=1S/C4H7N3S/c1-2-3(5)4(6)8-7-2/h5-6H2,1H3. The summed E-state index contributed by atoms with van der Waals surface area (Å²) < 4.78 is 3.91. The van der Waals surface area contributed by atoms with Crippen molar-refractivity contribution in [3.8, 4) is 0 Å². The van der Waals surface area contributed by atoms with E-state index in [2.05, 4.69) is 4.37 Å². The van der Waals surface area contributed by atoms with Gasteiger partial charge in [-0.2, -0.15) is 4.37 Å². The van der Waals surface area contributed by atoms with Crippen molar-refractivity contribution in [1.29, 1.82) is 0 Å². The third-order valence-corrected chi connectivity index (χ3v) is 1.72. The molecule has 44 valence electrons. The average Bonchev–Trinajstić information content (AvgIpc) is 1.98. The number of aryl methyl sites for hydroxylation is 1.